The van der Waals surface area contributed by atoms with Crippen LogP contribution in [-0.2, 0) is 16.0 Å². The zero-order valence-corrected chi connectivity index (χ0v) is 22.7. The Morgan fingerprint density at radius 3 is 2.42 bits per heavy atom. The van der Waals surface area contributed by atoms with Crippen LogP contribution in [0.4, 0.5) is 0 Å². The lowest BCUT2D eigenvalue weighted by atomic mass is 9.84. The Bertz CT molecular complexity index is 1240. The van der Waals surface area contributed by atoms with Crippen LogP contribution in [0.1, 0.15) is 27.6 Å². The molecule has 2 fully saturated rings. The molecule has 2 aromatic carbocycles. The lowest BCUT2D eigenvalue weighted by Gasteiger charge is -2.45. The average Bonchev–Trinajstić information content (AvgIpc) is 2.95. The number of carbonyl (C=O) groups is 1. The number of halogens is 1. The number of aliphatic hydroxyl groups excluding tert-OH is 3. The molecule has 0 radical (unpaired) electrons. The van der Waals surface area contributed by atoms with Gasteiger partial charge in [-0.15, -0.1) is 0 Å². The Kier molecular flexibility index (Phi) is 8.57. The van der Waals surface area contributed by atoms with Crippen molar-refractivity contribution in [2.75, 3.05) is 53.0 Å². The number of phenols is 2. The molecule has 0 bridgehead atoms. The number of para-hydroxylation sites is 1. The van der Waals surface area contributed by atoms with Crippen LogP contribution >= 0.6 is 11.6 Å². The minimum absolute atomic E-state index is 0.0225. The van der Waals surface area contributed by atoms with Crippen molar-refractivity contribution in [2.24, 2.45) is 0 Å². The predicted molar refractivity (Wildman–Crippen MR) is 141 cm³/mol. The number of nitrogens with zero attached hydrogens (tertiary/aromatic N) is 2. The van der Waals surface area contributed by atoms with E-state index >= 15 is 0 Å². The molecule has 218 valence electrons. The number of ether oxygens (including phenoxy) is 4. The summed E-state index contributed by atoms with van der Waals surface area (Å²) < 4.78 is 22.3. The Balaban J connectivity index is 1.33. The minimum Gasteiger partial charge on any atom is -0.504 e. The van der Waals surface area contributed by atoms with Gasteiger partial charge in [0.2, 0.25) is 5.75 Å². The van der Waals surface area contributed by atoms with Crippen molar-refractivity contribution in [1.82, 2.24) is 9.80 Å². The van der Waals surface area contributed by atoms with E-state index in [2.05, 4.69) is 4.90 Å². The Hall–Kier alpha value is -2.84. The van der Waals surface area contributed by atoms with Crippen LogP contribution in [0.15, 0.2) is 24.3 Å². The number of benzene rings is 2. The number of hydrogen-bond acceptors (Lipinski definition) is 12. The van der Waals surface area contributed by atoms with Crippen molar-refractivity contribution in [3.05, 3.63) is 46.0 Å². The summed E-state index contributed by atoms with van der Waals surface area (Å²) >= 11 is 6.15. The van der Waals surface area contributed by atoms with Gasteiger partial charge in [0.05, 0.1) is 24.3 Å². The van der Waals surface area contributed by atoms with Gasteiger partial charge in [0.25, 0.3) is 0 Å². The van der Waals surface area contributed by atoms with Crippen LogP contribution in [0.2, 0.25) is 5.02 Å². The third-order valence-electron chi connectivity index (χ3n) is 7.69. The minimum atomic E-state index is -1.56. The quantitative estimate of drug-likeness (QED) is 0.278. The molecule has 0 amide bonds. The summed E-state index contributed by atoms with van der Waals surface area (Å²) in [5, 5.41) is 53.1. The number of hydrogen-bond donors (Lipinski definition) is 5. The molecule has 13 heteroatoms. The van der Waals surface area contributed by atoms with Crippen LogP contribution in [0.5, 0.6) is 23.0 Å². The van der Waals surface area contributed by atoms with Crippen molar-refractivity contribution in [2.45, 2.75) is 37.1 Å². The second kappa shape index (κ2) is 12.0. The SMILES string of the molecule is COc1c(O)c(CN2CCN(CCOc3ccccc3Cl)CC2)c2c(c1O)[C@@H]1O[C@H](CO)[C@@H](O)[C@H](O)[C@@H]1OC2=O. The van der Waals surface area contributed by atoms with E-state index in [0.717, 1.165) is 0 Å². The third kappa shape index (κ3) is 5.28. The standard InChI is InChI=1S/C27H33ClN2O10/c1-37-25-20(32)14(12-30-8-6-29(7-9-30)10-11-38-16-5-3-2-4-15(16)28)18-19(22(25)34)24-26(40-27(18)36)23(35)21(33)17(13-31)39-24/h2-5,17,21,23-24,26,31-35H,6-13H2,1H3/t17-,21-,23+,24+,26+/m1/s1. The highest BCUT2D eigenvalue weighted by Crippen LogP contribution is 2.52. The molecule has 0 aliphatic carbocycles. The van der Waals surface area contributed by atoms with Crippen molar-refractivity contribution in [3.8, 4) is 23.0 Å². The monoisotopic (exact) mass is 580 g/mol. The summed E-state index contributed by atoms with van der Waals surface area (Å²) in [6, 6.07) is 7.29. The largest absolute Gasteiger partial charge is 0.504 e. The van der Waals surface area contributed by atoms with Gasteiger partial charge < -0.3 is 44.5 Å². The second-order valence-corrected chi connectivity index (χ2v) is 10.4. The summed E-state index contributed by atoms with van der Waals surface area (Å²) in [4.78, 5) is 17.5. The first-order valence-corrected chi connectivity index (χ1v) is 13.4. The highest BCUT2D eigenvalue weighted by Gasteiger charge is 2.53. The van der Waals surface area contributed by atoms with E-state index in [0.29, 0.717) is 50.1 Å². The molecule has 0 aromatic heterocycles. The van der Waals surface area contributed by atoms with Crippen LogP contribution in [0.25, 0.3) is 0 Å². The Labute approximate surface area is 235 Å². The molecule has 0 saturated carbocycles. The van der Waals surface area contributed by atoms with E-state index in [9.17, 15) is 30.3 Å². The summed E-state index contributed by atoms with van der Waals surface area (Å²) in [7, 11) is 1.27. The van der Waals surface area contributed by atoms with E-state index in [1.165, 1.54) is 7.11 Å². The highest BCUT2D eigenvalue weighted by atomic mass is 35.5. The highest BCUT2D eigenvalue weighted by molar-refractivity contribution is 6.32. The first-order valence-electron chi connectivity index (χ1n) is 13.0. The molecule has 12 nitrogen and oxygen atoms in total. The first-order chi connectivity index (χ1) is 19.2. The van der Waals surface area contributed by atoms with Crippen LogP contribution in [0, 0.1) is 0 Å². The van der Waals surface area contributed by atoms with Gasteiger partial charge in [0.1, 0.15) is 36.8 Å². The van der Waals surface area contributed by atoms with Crippen LogP contribution in [0.3, 0.4) is 0 Å². The fourth-order valence-corrected chi connectivity index (χ4v) is 5.70. The topological polar surface area (TPSA) is 162 Å². The van der Waals surface area contributed by atoms with Gasteiger partial charge >= 0.3 is 5.97 Å². The smallest absolute Gasteiger partial charge is 0.339 e. The Morgan fingerprint density at radius 2 is 1.75 bits per heavy atom. The van der Waals surface area contributed by atoms with E-state index in [4.69, 9.17) is 30.5 Å². The average molecular weight is 581 g/mol. The number of phenolic OH excluding ortho intramolecular Hbond substituents is 2. The zero-order chi connectivity index (χ0) is 28.6. The molecule has 3 aliphatic heterocycles. The number of aliphatic hydroxyl groups is 3. The molecule has 40 heavy (non-hydrogen) atoms. The van der Waals surface area contributed by atoms with Crippen molar-refractivity contribution in [3.63, 3.8) is 0 Å². The molecular weight excluding hydrogens is 548 g/mol. The van der Waals surface area contributed by atoms with E-state index < -0.39 is 54.6 Å². The van der Waals surface area contributed by atoms with Gasteiger partial charge in [-0.25, -0.2) is 4.79 Å². The summed E-state index contributed by atoms with van der Waals surface area (Å²) in [6.45, 7) is 3.38. The molecular formula is C27H33ClN2O10. The number of methoxy groups -OCH3 is 1. The molecule has 5 atom stereocenters. The Morgan fingerprint density at radius 1 is 1.05 bits per heavy atom. The fourth-order valence-electron chi connectivity index (χ4n) is 5.51. The molecule has 3 heterocycles. The van der Waals surface area contributed by atoms with Crippen molar-refractivity contribution >= 4 is 17.6 Å². The summed E-state index contributed by atoms with van der Waals surface area (Å²) in [5.74, 6) is -1.43. The normalized spacial score (nSPS) is 27.0. The van der Waals surface area contributed by atoms with Gasteiger partial charge in [0.15, 0.2) is 17.6 Å². The second-order valence-electron chi connectivity index (χ2n) is 10.0. The van der Waals surface area contributed by atoms with E-state index in [-0.39, 0.29) is 29.0 Å². The maximum atomic E-state index is 13.2. The van der Waals surface area contributed by atoms with Crippen LogP contribution < -0.4 is 9.47 Å². The van der Waals surface area contributed by atoms with Gasteiger partial charge in [-0.3, -0.25) is 9.80 Å². The lowest BCUT2D eigenvalue weighted by Crippen LogP contribution is -2.58. The molecule has 5 rings (SSSR count). The maximum Gasteiger partial charge on any atom is 0.339 e. The number of carbonyl (C=O) groups excluding carboxylic acids is 1. The maximum absolute atomic E-state index is 13.2. The van der Waals surface area contributed by atoms with Gasteiger partial charge in [0, 0.05) is 50.4 Å². The number of rotatable bonds is 8. The van der Waals surface area contributed by atoms with Gasteiger partial charge in [-0.05, 0) is 12.1 Å². The molecule has 3 aliphatic rings. The first kappa shape index (κ1) is 28.7. The van der Waals surface area contributed by atoms with Crippen LogP contribution in [-0.4, -0.2) is 119 Å². The predicted octanol–water partition coefficient (Wildman–Crippen LogP) is 0.649. The van der Waals surface area contributed by atoms with Crippen molar-refractivity contribution in [1.29, 1.82) is 0 Å². The summed E-state index contributed by atoms with van der Waals surface area (Å²) in [5.41, 5.74) is 0.0759. The van der Waals surface area contributed by atoms with Crippen molar-refractivity contribution < 1.29 is 49.3 Å². The molecule has 2 saturated heterocycles. The molecule has 0 unspecified atom stereocenters. The number of piperazine rings is 1. The lowest BCUT2D eigenvalue weighted by molar-refractivity contribution is -0.235. The molecule has 5 N–H and O–H groups in total. The van der Waals surface area contributed by atoms with Gasteiger partial charge in [-0.1, -0.05) is 23.7 Å². The van der Waals surface area contributed by atoms with E-state index in [1.54, 1.807) is 6.07 Å². The molecule has 2 aromatic rings. The fraction of sp³-hybridized carbons (Fsp3) is 0.519. The third-order valence-corrected chi connectivity index (χ3v) is 8.01. The molecule has 0 spiro atoms. The van der Waals surface area contributed by atoms with E-state index in [1.807, 2.05) is 23.1 Å². The number of aromatic hydroxyl groups is 2. The summed E-state index contributed by atoms with van der Waals surface area (Å²) in [6.07, 6.45) is -6.79. The number of fused-ring (bicyclic) bond motifs is 3. The zero-order valence-electron chi connectivity index (χ0n) is 21.9. The number of esters is 1. The van der Waals surface area contributed by atoms with Gasteiger partial charge in [-0.2, -0.15) is 0 Å².